The van der Waals surface area contributed by atoms with Gasteiger partial charge in [-0.15, -0.1) is 11.8 Å². The number of carbonyl (C=O) groups excluding carboxylic acids is 3. The topological polar surface area (TPSA) is 232 Å². The summed E-state index contributed by atoms with van der Waals surface area (Å²) in [5.74, 6) is -2.74. The number of benzene rings is 4. The van der Waals surface area contributed by atoms with Crippen molar-refractivity contribution >= 4 is 58.0 Å². The highest BCUT2D eigenvalue weighted by molar-refractivity contribution is 8.03. The number of nitrogens with one attached hydrogen (secondary N) is 1. The number of aliphatic carboxylic acids is 1. The van der Waals surface area contributed by atoms with Gasteiger partial charge in [0.1, 0.15) is 18.9 Å². The van der Waals surface area contributed by atoms with Crippen molar-refractivity contribution < 1.29 is 48.7 Å². The number of carbonyl (C=O) groups is 4. The Labute approximate surface area is 347 Å². The summed E-state index contributed by atoms with van der Waals surface area (Å²) >= 11 is 1.33. The molecule has 0 aliphatic carbocycles. The number of likely N-dealkylation sites (tertiary alicyclic amines) is 1. The highest BCUT2D eigenvalue weighted by atomic mass is 32.2. The molecule has 3 amide bonds. The molecule has 3 heterocycles. The molecule has 7 rings (SSSR count). The van der Waals surface area contributed by atoms with Crippen molar-refractivity contribution in [1.29, 1.82) is 0 Å². The molecule has 17 nitrogen and oxygen atoms in total. The Morgan fingerprint density at radius 2 is 1.45 bits per heavy atom. The normalized spacial score (nSPS) is 21.3. The fourth-order valence-corrected chi connectivity index (χ4v) is 9.83. The predicted octanol–water partition coefficient (Wildman–Crippen LogP) is 6.29. The molecular formula is C42H41N5O12S. The molecule has 0 aromatic heterocycles. The third kappa shape index (κ3) is 8.46. The van der Waals surface area contributed by atoms with Crippen LogP contribution in [0, 0.1) is 32.1 Å². The van der Waals surface area contributed by atoms with E-state index < -0.39 is 58.0 Å². The van der Waals surface area contributed by atoms with E-state index in [0.29, 0.717) is 28.9 Å². The molecule has 0 radical (unpaired) electrons. The molecule has 60 heavy (non-hydrogen) atoms. The summed E-state index contributed by atoms with van der Waals surface area (Å²) in [6, 6.07) is 21.9. The summed E-state index contributed by atoms with van der Waals surface area (Å²) in [5.41, 5.74) is 2.59. The van der Waals surface area contributed by atoms with Gasteiger partial charge in [-0.1, -0.05) is 43.3 Å². The number of thioether (sulfide) groups is 1. The van der Waals surface area contributed by atoms with Gasteiger partial charge in [0.25, 0.3) is 11.4 Å². The quantitative estimate of drug-likeness (QED) is 0.0721. The van der Waals surface area contributed by atoms with Gasteiger partial charge < -0.3 is 34.8 Å². The second-order valence-electron chi connectivity index (χ2n) is 15.0. The van der Waals surface area contributed by atoms with Crippen LogP contribution in [0.15, 0.2) is 95.5 Å². The summed E-state index contributed by atoms with van der Waals surface area (Å²) in [6.45, 7) is 3.50. The first-order valence-electron chi connectivity index (χ1n) is 19.2. The van der Waals surface area contributed by atoms with Crippen LogP contribution in [-0.2, 0) is 45.2 Å². The number of nitro groups is 2. The molecular weight excluding hydrogens is 799 g/mol. The molecule has 312 valence electrons. The number of β-lactam (4-membered cyclic amide) rings is 1. The lowest BCUT2D eigenvalue weighted by Gasteiger charge is -2.46. The molecule has 0 bridgehead atoms. The lowest BCUT2D eigenvalue weighted by atomic mass is 9.79. The predicted molar refractivity (Wildman–Crippen MR) is 217 cm³/mol. The zero-order valence-electron chi connectivity index (χ0n) is 32.5. The third-order valence-electron chi connectivity index (χ3n) is 11.2. The monoisotopic (exact) mass is 839 g/mol. The lowest BCUT2D eigenvalue weighted by molar-refractivity contribution is -0.385. The summed E-state index contributed by atoms with van der Waals surface area (Å²) in [6.07, 6.45) is -1.38. The number of carboxylic acid groups (broad SMARTS) is 1. The molecule has 2 fully saturated rings. The van der Waals surface area contributed by atoms with E-state index in [9.17, 15) is 49.6 Å². The minimum absolute atomic E-state index is 0.0702. The maximum atomic E-state index is 13.9. The molecule has 0 saturated carbocycles. The number of nitrogens with zero attached hydrogens (tertiary/aromatic N) is 4. The van der Waals surface area contributed by atoms with E-state index in [1.807, 2.05) is 43.3 Å². The Morgan fingerprint density at radius 1 is 0.883 bits per heavy atom. The standard InChI is InChI=1S/C42H41N5O12S/c1-23-36-35(24(2)48)39(49)45(36)37(40(50)51)38(23)60-32-18-31(44(20-32)42(53)59-22-26-9-15-30(16-10-26)47(56)57)17-27-11-12-28(34-6-4-3-5-33(27)34)19-43-41(52)58-21-25-7-13-29(14-8-25)46(54)55/h3-16,23-24,31-32,35-36,48H,17-22H2,1-2H3,(H,43,52)(H,50,51)/t23-,24-,31-,32+,35-,36-/m1/s1. The number of aliphatic hydroxyl groups excluding tert-OH is 1. The molecule has 3 aliphatic rings. The van der Waals surface area contributed by atoms with Crippen LogP contribution in [-0.4, -0.2) is 83.9 Å². The van der Waals surface area contributed by atoms with E-state index >= 15 is 0 Å². The van der Waals surface area contributed by atoms with Crippen LogP contribution < -0.4 is 5.32 Å². The van der Waals surface area contributed by atoms with Crippen molar-refractivity contribution in [1.82, 2.24) is 15.1 Å². The minimum Gasteiger partial charge on any atom is -0.477 e. The molecule has 4 aromatic rings. The number of ether oxygens (including phenoxy) is 2. The van der Waals surface area contributed by atoms with Crippen LogP contribution in [0.2, 0.25) is 0 Å². The minimum atomic E-state index is -1.24. The smallest absolute Gasteiger partial charge is 0.410 e. The number of carboxylic acids is 1. The summed E-state index contributed by atoms with van der Waals surface area (Å²) < 4.78 is 11.1. The van der Waals surface area contributed by atoms with Gasteiger partial charge in [-0.3, -0.25) is 25.0 Å². The van der Waals surface area contributed by atoms with Gasteiger partial charge in [0.15, 0.2) is 0 Å². The average molecular weight is 840 g/mol. The van der Waals surface area contributed by atoms with Gasteiger partial charge in [-0.2, -0.15) is 0 Å². The van der Waals surface area contributed by atoms with Crippen LogP contribution in [0.4, 0.5) is 21.0 Å². The van der Waals surface area contributed by atoms with Crippen molar-refractivity contribution in [2.24, 2.45) is 11.8 Å². The van der Waals surface area contributed by atoms with E-state index in [-0.39, 0.29) is 54.5 Å². The van der Waals surface area contributed by atoms with Crippen molar-refractivity contribution in [3.8, 4) is 0 Å². The zero-order chi connectivity index (χ0) is 42.8. The van der Waals surface area contributed by atoms with Crippen LogP contribution in [0.25, 0.3) is 10.8 Å². The molecule has 3 aliphatic heterocycles. The number of amides is 3. The summed E-state index contributed by atoms with van der Waals surface area (Å²) in [4.78, 5) is 76.5. The Bertz CT molecular complexity index is 2390. The maximum absolute atomic E-state index is 13.9. The summed E-state index contributed by atoms with van der Waals surface area (Å²) in [5, 5.41) is 46.9. The fraction of sp³-hybridized carbons (Fsp3) is 0.333. The second-order valence-corrected chi connectivity index (χ2v) is 16.4. The van der Waals surface area contributed by atoms with E-state index in [4.69, 9.17) is 9.47 Å². The lowest BCUT2D eigenvalue weighted by Crippen LogP contribution is -2.63. The molecule has 2 saturated heterocycles. The number of hydrogen-bond acceptors (Lipinski definition) is 12. The third-order valence-corrected chi connectivity index (χ3v) is 12.7. The van der Waals surface area contributed by atoms with Gasteiger partial charge in [-0.05, 0) is 77.1 Å². The largest absolute Gasteiger partial charge is 0.477 e. The molecule has 6 atom stereocenters. The fourth-order valence-electron chi connectivity index (χ4n) is 8.27. The van der Waals surface area contributed by atoms with Gasteiger partial charge in [0.2, 0.25) is 5.91 Å². The zero-order valence-corrected chi connectivity index (χ0v) is 33.3. The van der Waals surface area contributed by atoms with Crippen LogP contribution in [0.3, 0.4) is 0 Å². The van der Waals surface area contributed by atoms with Crippen LogP contribution in [0.5, 0.6) is 0 Å². The molecule has 0 spiro atoms. The highest BCUT2D eigenvalue weighted by Crippen LogP contribution is 2.52. The molecule has 0 unspecified atom stereocenters. The SMILES string of the molecule is C[C@@H](O)[C@H]1C(=O)N2C(C(=O)O)=C(S[C@H]3C[C@@H](Cc4ccc(CNC(=O)OCc5ccc([N+](=O)[O-])cc5)c5ccccc45)N(C(=O)OCc4ccc([N+](=O)[O-])cc4)C3)[C@H](C)[C@H]12. The molecule has 4 aromatic carbocycles. The number of nitro benzene ring substituents is 2. The molecule has 18 heteroatoms. The van der Waals surface area contributed by atoms with E-state index in [1.165, 1.54) is 72.1 Å². The van der Waals surface area contributed by atoms with Crippen molar-refractivity contribution in [3.63, 3.8) is 0 Å². The van der Waals surface area contributed by atoms with Gasteiger partial charge in [0.05, 0.1) is 27.9 Å². The van der Waals surface area contributed by atoms with E-state index in [0.717, 1.165) is 21.9 Å². The van der Waals surface area contributed by atoms with E-state index in [2.05, 4.69) is 5.32 Å². The Balaban J connectivity index is 1.08. The molecule has 3 N–H and O–H groups in total. The highest BCUT2D eigenvalue weighted by Gasteiger charge is 2.60. The number of alkyl carbamates (subject to hydrolysis) is 1. The second kappa shape index (κ2) is 17.4. The number of non-ortho nitro benzene ring substituents is 2. The van der Waals surface area contributed by atoms with Crippen LogP contribution in [0.1, 0.15) is 42.5 Å². The van der Waals surface area contributed by atoms with Crippen molar-refractivity contribution in [3.05, 3.63) is 138 Å². The van der Waals surface area contributed by atoms with Gasteiger partial charge in [-0.25, -0.2) is 14.4 Å². The van der Waals surface area contributed by atoms with Crippen molar-refractivity contribution in [2.75, 3.05) is 6.54 Å². The number of aliphatic hydroxyl groups is 1. The Hall–Kier alpha value is -6.53. The first kappa shape index (κ1) is 41.6. The Kier molecular flexibility index (Phi) is 12.0. The number of hydrogen-bond donors (Lipinski definition) is 3. The first-order valence-corrected chi connectivity index (χ1v) is 20.0. The number of rotatable bonds is 14. The van der Waals surface area contributed by atoms with Crippen molar-refractivity contribution in [2.45, 2.75) is 69.9 Å². The Morgan fingerprint density at radius 3 is 2.02 bits per heavy atom. The number of fused-ring (bicyclic) bond motifs is 2. The summed E-state index contributed by atoms with van der Waals surface area (Å²) in [7, 11) is 0. The van der Waals surface area contributed by atoms with E-state index in [1.54, 1.807) is 4.90 Å². The van der Waals surface area contributed by atoms with Gasteiger partial charge >= 0.3 is 18.2 Å². The van der Waals surface area contributed by atoms with Gasteiger partial charge in [0, 0.05) is 59.5 Å². The first-order chi connectivity index (χ1) is 28.7. The average Bonchev–Trinajstić information content (AvgIpc) is 3.74. The van der Waals surface area contributed by atoms with Crippen LogP contribution >= 0.6 is 11.8 Å². The maximum Gasteiger partial charge on any atom is 0.410 e.